The minimum Gasteiger partial charge on any atom is -0.493 e. The molecule has 2 aliphatic heterocycles. The van der Waals surface area contributed by atoms with Crippen molar-refractivity contribution in [2.24, 2.45) is 5.10 Å². The van der Waals surface area contributed by atoms with Crippen molar-refractivity contribution in [1.29, 1.82) is 0 Å². The molecule has 0 bridgehead atoms. The van der Waals surface area contributed by atoms with E-state index in [0.29, 0.717) is 0 Å². The molecule has 0 fully saturated rings. The lowest BCUT2D eigenvalue weighted by atomic mass is 9.96. The molecule has 118 valence electrons. The standard InChI is InChI=1S/C19H20N2O2/c1-3-18-21-16(12-15(20-21)13-8-5-4-6-9-13)14-10-7-11-17(22-2)19(14)23-18/h4-11,16,18H,3,12H2,1-2H3/t16-,18+/m1/s1. The fourth-order valence-electron chi connectivity index (χ4n) is 3.39. The Hall–Kier alpha value is -2.49. The van der Waals surface area contributed by atoms with Crippen molar-refractivity contribution in [3.8, 4) is 11.5 Å². The zero-order valence-electron chi connectivity index (χ0n) is 13.4. The minimum absolute atomic E-state index is 0.0509. The van der Waals surface area contributed by atoms with Crippen LogP contribution in [0.25, 0.3) is 0 Å². The SMILES string of the molecule is CC[C@@H]1Oc2c(OC)cccc2[C@H]2CC(c3ccccc3)=NN12. The van der Waals surface area contributed by atoms with Gasteiger partial charge in [-0.15, -0.1) is 0 Å². The van der Waals surface area contributed by atoms with E-state index in [-0.39, 0.29) is 12.3 Å². The quantitative estimate of drug-likeness (QED) is 0.860. The molecule has 0 saturated carbocycles. The first-order valence-electron chi connectivity index (χ1n) is 8.06. The van der Waals surface area contributed by atoms with E-state index >= 15 is 0 Å². The third-order valence-corrected chi connectivity index (χ3v) is 4.54. The van der Waals surface area contributed by atoms with Crippen LogP contribution in [-0.2, 0) is 0 Å². The highest BCUT2D eigenvalue weighted by Gasteiger charge is 2.40. The fraction of sp³-hybridized carbons (Fsp3) is 0.316. The lowest BCUT2D eigenvalue weighted by Gasteiger charge is -2.38. The molecule has 0 aliphatic carbocycles. The fourth-order valence-corrected chi connectivity index (χ4v) is 3.39. The van der Waals surface area contributed by atoms with Crippen LogP contribution in [0.1, 0.15) is 36.9 Å². The van der Waals surface area contributed by atoms with E-state index in [2.05, 4.69) is 42.3 Å². The van der Waals surface area contributed by atoms with E-state index in [1.165, 1.54) is 5.56 Å². The molecule has 0 radical (unpaired) electrons. The number of nitrogens with zero attached hydrogens (tertiary/aromatic N) is 2. The molecule has 2 atom stereocenters. The number of fused-ring (bicyclic) bond motifs is 3. The molecule has 0 amide bonds. The number of methoxy groups -OCH3 is 1. The van der Waals surface area contributed by atoms with Crippen molar-refractivity contribution in [1.82, 2.24) is 5.01 Å². The van der Waals surface area contributed by atoms with Crippen molar-refractivity contribution in [3.05, 3.63) is 59.7 Å². The lowest BCUT2D eigenvalue weighted by molar-refractivity contribution is -0.0206. The number of hydrogen-bond acceptors (Lipinski definition) is 4. The molecule has 23 heavy (non-hydrogen) atoms. The molecule has 4 rings (SSSR count). The van der Waals surface area contributed by atoms with Gasteiger partial charge in [0, 0.05) is 18.4 Å². The summed E-state index contributed by atoms with van der Waals surface area (Å²) >= 11 is 0. The first-order chi connectivity index (χ1) is 11.3. The van der Waals surface area contributed by atoms with E-state index in [0.717, 1.165) is 35.6 Å². The summed E-state index contributed by atoms with van der Waals surface area (Å²) in [5.74, 6) is 1.67. The van der Waals surface area contributed by atoms with Crippen LogP contribution in [-0.4, -0.2) is 24.1 Å². The van der Waals surface area contributed by atoms with Crippen molar-refractivity contribution in [2.75, 3.05) is 7.11 Å². The summed E-state index contributed by atoms with van der Waals surface area (Å²) in [7, 11) is 1.69. The second-order valence-corrected chi connectivity index (χ2v) is 5.87. The maximum Gasteiger partial charge on any atom is 0.187 e. The summed E-state index contributed by atoms with van der Waals surface area (Å²) in [6, 6.07) is 16.7. The normalized spacial score (nSPS) is 22.0. The minimum atomic E-state index is -0.0509. The molecule has 2 aliphatic rings. The monoisotopic (exact) mass is 308 g/mol. The lowest BCUT2D eigenvalue weighted by Crippen LogP contribution is -2.39. The zero-order chi connectivity index (χ0) is 15.8. The average molecular weight is 308 g/mol. The predicted octanol–water partition coefficient (Wildman–Crippen LogP) is 3.97. The molecule has 4 heteroatoms. The number of rotatable bonds is 3. The molecule has 0 N–H and O–H groups in total. The van der Waals surface area contributed by atoms with E-state index < -0.39 is 0 Å². The van der Waals surface area contributed by atoms with Gasteiger partial charge in [0.05, 0.1) is 18.9 Å². The zero-order valence-corrected chi connectivity index (χ0v) is 13.4. The molecule has 2 aromatic rings. The first kappa shape index (κ1) is 14.1. The van der Waals surface area contributed by atoms with Crippen LogP contribution in [0.2, 0.25) is 0 Å². The number of para-hydroxylation sites is 1. The van der Waals surface area contributed by atoms with Gasteiger partial charge in [0.2, 0.25) is 0 Å². The predicted molar refractivity (Wildman–Crippen MR) is 89.9 cm³/mol. The Labute approximate surface area is 136 Å². The Kier molecular flexibility index (Phi) is 3.45. The highest BCUT2D eigenvalue weighted by molar-refractivity contribution is 6.01. The van der Waals surface area contributed by atoms with E-state index in [9.17, 15) is 0 Å². The van der Waals surface area contributed by atoms with Gasteiger partial charge in [0.25, 0.3) is 0 Å². The van der Waals surface area contributed by atoms with Crippen LogP contribution in [0.15, 0.2) is 53.6 Å². The Balaban J connectivity index is 1.76. The molecule has 4 nitrogen and oxygen atoms in total. The summed E-state index contributed by atoms with van der Waals surface area (Å²) < 4.78 is 11.7. The highest BCUT2D eigenvalue weighted by atomic mass is 16.5. The summed E-state index contributed by atoms with van der Waals surface area (Å²) in [5.41, 5.74) is 3.46. The molecule has 2 heterocycles. The smallest absolute Gasteiger partial charge is 0.187 e. The number of ether oxygens (including phenoxy) is 2. The third-order valence-electron chi connectivity index (χ3n) is 4.54. The summed E-state index contributed by atoms with van der Waals surface area (Å²) in [6.45, 7) is 2.12. The molecule has 0 unspecified atom stereocenters. The first-order valence-corrected chi connectivity index (χ1v) is 8.06. The highest BCUT2D eigenvalue weighted by Crippen LogP contribution is 2.47. The van der Waals surface area contributed by atoms with Gasteiger partial charge < -0.3 is 9.47 Å². The average Bonchev–Trinajstić information content (AvgIpc) is 3.07. The van der Waals surface area contributed by atoms with Crippen molar-refractivity contribution in [3.63, 3.8) is 0 Å². The molecule has 2 aromatic carbocycles. The molecular weight excluding hydrogens is 288 g/mol. The summed E-state index contributed by atoms with van der Waals surface area (Å²) in [4.78, 5) is 0. The number of benzene rings is 2. The van der Waals surface area contributed by atoms with Gasteiger partial charge >= 0.3 is 0 Å². The van der Waals surface area contributed by atoms with Crippen LogP contribution in [0.5, 0.6) is 11.5 Å². The Morgan fingerprint density at radius 1 is 1.17 bits per heavy atom. The largest absolute Gasteiger partial charge is 0.493 e. The molecule has 0 saturated heterocycles. The van der Waals surface area contributed by atoms with Crippen LogP contribution in [0.4, 0.5) is 0 Å². The Morgan fingerprint density at radius 3 is 2.74 bits per heavy atom. The molecular formula is C19H20N2O2. The van der Waals surface area contributed by atoms with E-state index in [1.54, 1.807) is 7.11 Å². The van der Waals surface area contributed by atoms with Crippen molar-refractivity contribution < 1.29 is 9.47 Å². The van der Waals surface area contributed by atoms with Crippen LogP contribution >= 0.6 is 0 Å². The van der Waals surface area contributed by atoms with Gasteiger partial charge in [-0.05, 0) is 11.6 Å². The summed E-state index contributed by atoms with van der Waals surface area (Å²) in [5, 5.41) is 6.99. The topological polar surface area (TPSA) is 34.1 Å². The second kappa shape index (κ2) is 5.61. The van der Waals surface area contributed by atoms with Crippen LogP contribution in [0.3, 0.4) is 0 Å². The Bertz CT molecular complexity index is 742. The van der Waals surface area contributed by atoms with Crippen molar-refractivity contribution >= 4 is 5.71 Å². The maximum atomic E-state index is 6.20. The third kappa shape index (κ3) is 2.25. The van der Waals surface area contributed by atoms with Crippen molar-refractivity contribution in [2.45, 2.75) is 32.0 Å². The van der Waals surface area contributed by atoms with Crippen LogP contribution < -0.4 is 9.47 Å². The van der Waals surface area contributed by atoms with Gasteiger partial charge in [-0.25, -0.2) is 0 Å². The Morgan fingerprint density at radius 2 is 2.00 bits per heavy atom. The maximum absolute atomic E-state index is 6.20. The number of hydrazone groups is 1. The second-order valence-electron chi connectivity index (χ2n) is 5.87. The van der Waals surface area contributed by atoms with E-state index in [4.69, 9.17) is 14.6 Å². The van der Waals surface area contributed by atoms with Gasteiger partial charge in [0.1, 0.15) is 0 Å². The van der Waals surface area contributed by atoms with Gasteiger partial charge in [-0.2, -0.15) is 5.10 Å². The molecule has 0 aromatic heterocycles. The van der Waals surface area contributed by atoms with Gasteiger partial charge in [-0.3, -0.25) is 5.01 Å². The van der Waals surface area contributed by atoms with E-state index in [1.807, 2.05) is 18.2 Å². The van der Waals surface area contributed by atoms with Gasteiger partial charge in [0.15, 0.2) is 17.7 Å². The number of hydrogen-bond donors (Lipinski definition) is 0. The van der Waals surface area contributed by atoms with Gasteiger partial charge in [-0.1, -0.05) is 49.4 Å². The molecule has 0 spiro atoms. The van der Waals surface area contributed by atoms with Crippen LogP contribution in [0, 0.1) is 0 Å². The summed E-state index contributed by atoms with van der Waals surface area (Å²) in [6.07, 6.45) is 1.72.